The standard InChI is InChI=1S/C14H19ClN2O3/c1-4-19-13-8-6-7-12(15)11(13)9-16-17-10(3)14(18)20-5-2/h6-8,16H,4-5,9H2,1-3H3/b17-10-. The van der Waals surface area contributed by atoms with Gasteiger partial charge < -0.3 is 14.9 Å². The van der Waals surface area contributed by atoms with Gasteiger partial charge in [-0.15, -0.1) is 0 Å². The van der Waals surface area contributed by atoms with Crippen molar-refractivity contribution < 1.29 is 14.3 Å². The number of rotatable bonds is 7. The first kappa shape index (κ1) is 16.3. The molecule has 0 unspecified atom stereocenters. The zero-order valence-corrected chi connectivity index (χ0v) is 12.7. The number of hydrazone groups is 1. The van der Waals surface area contributed by atoms with Gasteiger partial charge in [0, 0.05) is 10.6 Å². The molecule has 0 saturated heterocycles. The second-order valence-electron chi connectivity index (χ2n) is 3.90. The molecule has 1 aromatic carbocycles. The lowest BCUT2D eigenvalue weighted by Gasteiger charge is -2.11. The van der Waals surface area contributed by atoms with Crippen LogP contribution in [0.4, 0.5) is 0 Å². The van der Waals surface area contributed by atoms with Gasteiger partial charge in [0.25, 0.3) is 0 Å². The molecule has 0 saturated carbocycles. The van der Waals surface area contributed by atoms with Crippen LogP contribution in [0.3, 0.4) is 0 Å². The Balaban J connectivity index is 2.70. The number of esters is 1. The summed E-state index contributed by atoms with van der Waals surface area (Å²) in [7, 11) is 0. The number of benzene rings is 1. The molecule has 0 aliphatic carbocycles. The Bertz CT molecular complexity index is 489. The Hall–Kier alpha value is -1.75. The van der Waals surface area contributed by atoms with Crippen LogP contribution in [0, 0.1) is 0 Å². The average Bonchev–Trinajstić information content (AvgIpc) is 2.42. The number of ether oxygens (including phenoxy) is 2. The van der Waals surface area contributed by atoms with E-state index in [2.05, 4.69) is 10.5 Å². The number of carbonyl (C=O) groups is 1. The van der Waals surface area contributed by atoms with Crippen molar-refractivity contribution in [3.8, 4) is 5.75 Å². The molecular weight excluding hydrogens is 280 g/mol. The highest BCUT2D eigenvalue weighted by Gasteiger charge is 2.09. The highest BCUT2D eigenvalue weighted by atomic mass is 35.5. The Labute approximate surface area is 123 Å². The van der Waals surface area contributed by atoms with E-state index in [1.54, 1.807) is 19.9 Å². The summed E-state index contributed by atoms with van der Waals surface area (Å²) in [4.78, 5) is 11.4. The largest absolute Gasteiger partial charge is 0.493 e. The quantitative estimate of drug-likeness (QED) is 0.478. The molecule has 0 fully saturated rings. The molecule has 0 heterocycles. The normalized spacial score (nSPS) is 11.1. The van der Waals surface area contributed by atoms with E-state index in [4.69, 9.17) is 21.1 Å². The van der Waals surface area contributed by atoms with Crippen molar-refractivity contribution in [2.45, 2.75) is 27.3 Å². The average molecular weight is 299 g/mol. The van der Waals surface area contributed by atoms with E-state index >= 15 is 0 Å². The summed E-state index contributed by atoms with van der Waals surface area (Å²) in [5, 5.41) is 4.55. The lowest BCUT2D eigenvalue weighted by molar-refractivity contribution is -0.135. The molecule has 0 aliphatic rings. The summed E-state index contributed by atoms with van der Waals surface area (Å²) < 4.78 is 10.3. The van der Waals surface area contributed by atoms with Crippen LogP contribution in [0.25, 0.3) is 0 Å². The molecule has 5 nitrogen and oxygen atoms in total. The van der Waals surface area contributed by atoms with Crippen molar-refractivity contribution >= 4 is 23.3 Å². The van der Waals surface area contributed by atoms with Gasteiger partial charge in [0.1, 0.15) is 11.5 Å². The highest BCUT2D eigenvalue weighted by molar-refractivity contribution is 6.35. The second-order valence-corrected chi connectivity index (χ2v) is 4.31. The predicted molar refractivity (Wildman–Crippen MR) is 79.2 cm³/mol. The summed E-state index contributed by atoms with van der Waals surface area (Å²) >= 11 is 6.13. The topological polar surface area (TPSA) is 59.9 Å². The van der Waals surface area contributed by atoms with E-state index in [-0.39, 0.29) is 5.71 Å². The van der Waals surface area contributed by atoms with Gasteiger partial charge in [-0.1, -0.05) is 17.7 Å². The number of carbonyl (C=O) groups excluding carboxylic acids is 1. The van der Waals surface area contributed by atoms with Crippen LogP contribution in [0.1, 0.15) is 26.3 Å². The first-order valence-electron chi connectivity index (χ1n) is 6.44. The summed E-state index contributed by atoms with van der Waals surface area (Å²) in [5.41, 5.74) is 3.87. The van der Waals surface area contributed by atoms with Gasteiger partial charge in [-0.3, -0.25) is 0 Å². The van der Waals surface area contributed by atoms with Crippen molar-refractivity contribution in [1.82, 2.24) is 5.43 Å². The zero-order chi connectivity index (χ0) is 15.0. The van der Waals surface area contributed by atoms with Crippen LogP contribution in [0.5, 0.6) is 5.75 Å². The van der Waals surface area contributed by atoms with Gasteiger partial charge in [0.15, 0.2) is 0 Å². The van der Waals surface area contributed by atoms with Crippen molar-refractivity contribution in [2.24, 2.45) is 5.10 Å². The fourth-order valence-corrected chi connectivity index (χ4v) is 1.75. The minimum absolute atomic E-state index is 0.261. The SMILES string of the molecule is CCOC(=O)/C(C)=N\NCc1c(Cl)cccc1OCC. The maximum absolute atomic E-state index is 11.4. The Morgan fingerprint density at radius 2 is 2.10 bits per heavy atom. The van der Waals surface area contributed by atoms with Crippen LogP contribution >= 0.6 is 11.6 Å². The van der Waals surface area contributed by atoms with E-state index in [1.807, 2.05) is 19.1 Å². The van der Waals surface area contributed by atoms with E-state index < -0.39 is 5.97 Å². The minimum Gasteiger partial charge on any atom is -0.493 e. The molecule has 1 aromatic rings. The maximum atomic E-state index is 11.4. The third-order valence-corrected chi connectivity index (χ3v) is 2.80. The Kier molecular flexibility index (Phi) is 6.87. The fourth-order valence-electron chi connectivity index (χ4n) is 1.52. The molecule has 0 atom stereocenters. The third kappa shape index (κ3) is 4.74. The number of halogens is 1. The van der Waals surface area contributed by atoms with Gasteiger partial charge in [-0.2, -0.15) is 5.10 Å². The molecule has 0 bridgehead atoms. The Morgan fingerprint density at radius 1 is 1.35 bits per heavy atom. The summed E-state index contributed by atoms with van der Waals surface area (Å²) in [5.74, 6) is 0.265. The minimum atomic E-state index is -0.441. The zero-order valence-electron chi connectivity index (χ0n) is 11.9. The molecule has 0 aliphatic heterocycles. The molecule has 0 amide bonds. The summed E-state index contributed by atoms with van der Waals surface area (Å²) in [6.45, 7) is 6.48. The van der Waals surface area contributed by atoms with E-state index in [1.165, 1.54) is 0 Å². The smallest absolute Gasteiger partial charge is 0.354 e. The molecule has 1 N–H and O–H groups in total. The van der Waals surface area contributed by atoms with E-state index in [0.29, 0.717) is 30.5 Å². The molecule has 6 heteroatoms. The lowest BCUT2D eigenvalue weighted by atomic mass is 10.2. The third-order valence-electron chi connectivity index (χ3n) is 2.45. The maximum Gasteiger partial charge on any atom is 0.354 e. The van der Waals surface area contributed by atoms with Crippen LogP contribution in [-0.4, -0.2) is 24.9 Å². The molecule has 1 rings (SSSR count). The second kappa shape index (κ2) is 8.43. The highest BCUT2D eigenvalue weighted by Crippen LogP contribution is 2.26. The van der Waals surface area contributed by atoms with Crippen LogP contribution in [-0.2, 0) is 16.1 Å². The van der Waals surface area contributed by atoms with Crippen LogP contribution in [0.15, 0.2) is 23.3 Å². The predicted octanol–water partition coefficient (Wildman–Crippen LogP) is 2.77. The van der Waals surface area contributed by atoms with Crippen molar-refractivity contribution in [3.05, 3.63) is 28.8 Å². The number of nitrogens with one attached hydrogen (secondary N) is 1. The van der Waals surface area contributed by atoms with Crippen molar-refractivity contribution in [3.63, 3.8) is 0 Å². The van der Waals surface area contributed by atoms with Crippen LogP contribution < -0.4 is 10.2 Å². The number of hydrogen-bond donors (Lipinski definition) is 1. The van der Waals surface area contributed by atoms with Crippen LogP contribution in [0.2, 0.25) is 5.02 Å². The van der Waals surface area contributed by atoms with Gasteiger partial charge in [0.05, 0.1) is 19.8 Å². The number of nitrogens with zero attached hydrogens (tertiary/aromatic N) is 1. The van der Waals surface area contributed by atoms with Gasteiger partial charge in [0.2, 0.25) is 0 Å². The first-order valence-corrected chi connectivity index (χ1v) is 6.82. The molecule has 110 valence electrons. The molecule has 0 aromatic heterocycles. The van der Waals surface area contributed by atoms with E-state index in [0.717, 1.165) is 5.56 Å². The molecule has 0 radical (unpaired) electrons. The summed E-state index contributed by atoms with van der Waals surface area (Å²) in [6, 6.07) is 5.45. The van der Waals surface area contributed by atoms with Crippen molar-refractivity contribution in [1.29, 1.82) is 0 Å². The monoisotopic (exact) mass is 298 g/mol. The molecular formula is C14H19ClN2O3. The van der Waals surface area contributed by atoms with E-state index in [9.17, 15) is 4.79 Å². The number of hydrogen-bond acceptors (Lipinski definition) is 5. The van der Waals surface area contributed by atoms with Gasteiger partial charge >= 0.3 is 5.97 Å². The van der Waals surface area contributed by atoms with Gasteiger partial charge in [-0.25, -0.2) is 4.79 Å². The first-order chi connectivity index (χ1) is 9.60. The Morgan fingerprint density at radius 3 is 2.75 bits per heavy atom. The van der Waals surface area contributed by atoms with Gasteiger partial charge in [-0.05, 0) is 32.9 Å². The molecule has 0 spiro atoms. The summed E-state index contributed by atoms with van der Waals surface area (Å²) in [6.07, 6.45) is 0. The van der Waals surface area contributed by atoms with Crippen molar-refractivity contribution in [2.75, 3.05) is 13.2 Å². The molecule has 20 heavy (non-hydrogen) atoms. The fraction of sp³-hybridized carbons (Fsp3) is 0.429. The lowest BCUT2D eigenvalue weighted by Crippen LogP contribution is -2.18.